The highest BCUT2D eigenvalue weighted by molar-refractivity contribution is 5.90. The van der Waals surface area contributed by atoms with Gasteiger partial charge in [-0.15, -0.1) is 37.2 Å². The first-order valence-electron chi connectivity index (χ1n) is 9.60. The Bertz CT molecular complexity index is 1150. The Labute approximate surface area is 206 Å². The van der Waals surface area contributed by atoms with Crippen LogP contribution >= 0.6 is 37.2 Å². The van der Waals surface area contributed by atoms with Gasteiger partial charge in [-0.3, -0.25) is 4.98 Å². The third kappa shape index (κ3) is 6.90. The summed E-state index contributed by atoms with van der Waals surface area (Å²) in [5.74, 6) is 1.47. The van der Waals surface area contributed by atoms with E-state index in [1.807, 2.05) is 36.4 Å². The van der Waals surface area contributed by atoms with E-state index in [-0.39, 0.29) is 37.2 Å². The Morgan fingerprint density at radius 1 is 0.875 bits per heavy atom. The number of nitrogens with two attached hydrogens (primary N) is 1. The summed E-state index contributed by atoms with van der Waals surface area (Å²) in [5.41, 5.74) is 10.9. The van der Waals surface area contributed by atoms with Gasteiger partial charge in [-0.1, -0.05) is 42.0 Å². The largest absolute Gasteiger partial charge is 0.365 e. The van der Waals surface area contributed by atoms with Gasteiger partial charge in [-0.25, -0.2) is 9.97 Å². The molecule has 0 aliphatic heterocycles. The number of halogens is 3. The molecule has 0 aliphatic rings. The summed E-state index contributed by atoms with van der Waals surface area (Å²) in [6.07, 6.45) is 5.58. The zero-order chi connectivity index (χ0) is 20.1. The number of hydrogen-bond donors (Lipinski definition) is 2. The zero-order valence-corrected chi connectivity index (χ0v) is 20.0. The molecule has 0 spiro atoms. The van der Waals surface area contributed by atoms with Crippen LogP contribution in [-0.2, 0) is 13.1 Å². The second-order valence-electron chi connectivity index (χ2n) is 6.91. The fourth-order valence-electron chi connectivity index (χ4n) is 3.08. The molecule has 168 valence electrons. The smallest absolute Gasteiger partial charge is 0.155 e. The Balaban J connectivity index is 0.00000171. The summed E-state index contributed by atoms with van der Waals surface area (Å²) in [5, 5.41) is 4.49. The molecule has 3 N–H and O–H groups in total. The summed E-state index contributed by atoms with van der Waals surface area (Å²) in [7, 11) is 0. The first kappa shape index (κ1) is 27.3. The molecule has 5 nitrogen and oxygen atoms in total. The van der Waals surface area contributed by atoms with Gasteiger partial charge in [0.05, 0.1) is 11.2 Å². The molecule has 0 unspecified atom stereocenters. The average Bonchev–Trinajstić information content (AvgIpc) is 2.77. The lowest BCUT2D eigenvalue weighted by molar-refractivity contribution is 1.05. The Kier molecular flexibility index (Phi) is 11.1. The van der Waals surface area contributed by atoms with Crippen LogP contribution in [0.4, 0.5) is 5.82 Å². The number of benzene rings is 2. The minimum absolute atomic E-state index is 0. The molecule has 2 aromatic carbocycles. The predicted octanol–water partition coefficient (Wildman–Crippen LogP) is 5.84. The number of aromatic nitrogens is 3. The number of anilines is 1. The van der Waals surface area contributed by atoms with Gasteiger partial charge < -0.3 is 11.1 Å². The molecule has 0 saturated carbocycles. The third-order valence-corrected chi connectivity index (χ3v) is 4.68. The number of aryl methyl sites for hydroxylation is 1. The first-order valence-corrected chi connectivity index (χ1v) is 9.60. The van der Waals surface area contributed by atoms with Crippen molar-refractivity contribution in [2.24, 2.45) is 5.73 Å². The molecule has 32 heavy (non-hydrogen) atoms. The molecule has 0 radical (unpaired) electrons. The van der Waals surface area contributed by atoms with Crippen LogP contribution in [0.25, 0.3) is 23.1 Å². The number of nitrogens with one attached hydrogen (secondary N) is 1. The second kappa shape index (κ2) is 13.0. The maximum atomic E-state index is 5.68. The van der Waals surface area contributed by atoms with Crippen molar-refractivity contribution in [3.8, 4) is 0 Å². The number of rotatable bonds is 6. The van der Waals surface area contributed by atoms with Crippen molar-refractivity contribution in [3.05, 3.63) is 95.1 Å². The molecule has 4 rings (SSSR count). The molecule has 0 saturated heterocycles. The van der Waals surface area contributed by atoms with E-state index in [1.165, 1.54) is 11.1 Å². The van der Waals surface area contributed by atoms with Gasteiger partial charge in [0.2, 0.25) is 0 Å². The van der Waals surface area contributed by atoms with Gasteiger partial charge in [-0.2, -0.15) is 0 Å². The lowest BCUT2D eigenvalue weighted by atomic mass is 10.1. The summed E-state index contributed by atoms with van der Waals surface area (Å²) in [6.45, 7) is 3.30. The molecule has 4 aromatic rings. The maximum absolute atomic E-state index is 5.68. The Morgan fingerprint density at radius 3 is 2.31 bits per heavy atom. The highest BCUT2D eigenvalue weighted by Gasteiger charge is 2.07. The summed E-state index contributed by atoms with van der Waals surface area (Å²) in [4.78, 5) is 13.8. The zero-order valence-electron chi connectivity index (χ0n) is 17.6. The normalized spacial score (nSPS) is 10.2. The van der Waals surface area contributed by atoms with E-state index in [2.05, 4.69) is 53.6 Å². The third-order valence-electron chi connectivity index (χ3n) is 4.68. The van der Waals surface area contributed by atoms with Crippen molar-refractivity contribution in [3.63, 3.8) is 0 Å². The van der Waals surface area contributed by atoms with E-state index in [4.69, 9.17) is 15.7 Å². The lowest BCUT2D eigenvalue weighted by Crippen LogP contribution is -2.05. The molecule has 2 heterocycles. The van der Waals surface area contributed by atoms with Crippen LogP contribution in [0, 0.1) is 6.92 Å². The van der Waals surface area contributed by atoms with Crippen LogP contribution in [0.2, 0.25) is 0 Å². The Hall–Kier alpha value is -2.70. The quantitative estimate of drug-likeness (QED) is 0.355. The van der Waals surface area contributed by atoms with E-state index >= 15 is 0 Å². The van der Waals surface area contributed by atoms with Gasteiger partial charge in [0.1, 0.15) is 5.82 Å². The number of pyridine rings is 1. The van der Waals surface area contributed by atoms with Gasteiger partial charge >= 0.3 is 0 Å². The van der Waals surface area contributed by atoms with Gasteiger partial charge in [0.25, 0.3) is 0 Å². The predicted molar refractivity (Wildman–Crippen MR) is 141 cm³/mol. The van der Waals surface area contributed by atoms with E-state index < -0.39 is 0 Å². The van der Waals surface area contributed by atoms with Crippen LogP contribution in [0.5, 0.6) is 0 Å². The molecule has 8 heteroatoms. The number of hydrogen-bond acceptors (Lipinski definition) is 5. The SMILES string of the molecule is Cc1ccc2nc(C=Cc3ccccn3)nc(NCc3ccc(CN)cc3)c2c1.Cl.Cl.Cl. The summed E-state index contributed by atoms with van der Waals surface area (Å²) >= 11 is 0. The summed E-state index contributed by atoms with van der Waals surface area (Å²) in [6, 6.07) is 20.3. The molecular weight excluding hydrogens is 465 g/mol. The fraction of sp³-hybridized carbons (Fsp3) is 0.125. The van der Waals surface area contributed by atoms with Crippen LogP contribution in [0.15, 0.2) is 66.9 Å². The van der Waals surface area contributed by atoms with Gasteiger partial charge in [-0.05, 0) is 54.5 Å². The molecule has 2 aromatic heterocycles. The monoisotopic (exact) mass is 489 g/mol. The van der Waals surface area contributed by atoms with Crippen LogP contribution in [-0.4, -0.2) is 15.0 Å². The van der Waals surface area contributed by atoms with Crippen molar-refractivity contribution in [2.45, 2.75) is 20.0 Å². The van der Waals surface area contributed by atoms with E-state index in [9.17, 15) is 0 Å². The highest BCUT2D eigenvalue weighted by atomic mass is 35.5. The van der Waals surface area contributed by atoms with E-state index in [0.717, 1.165) is 28.0 Å². The van der Waals surface area contributed by atoms with Crippen molar-refractivity contribution in [1.82, 2.24) is 15.0 Å². The van der Waals surface area contributed by atoms with Crippen LogP contribution < -0.4 is 11.1 Å². The van der Waals surface area contributed by atoms with Crippen LogP contribution in [0.1, 0.15) is 28.2 Å². The average molecular weight is 491 g/mol. The van der Waals surface area contributed by atoms with Crippen molar-refractivity contribution in [1.29, 1.82) is 0 Å². The van der Waals surface area contributed by atoms with Crippen LogP contribution in [0.3, 0.4) is 0 Å². The molecule has 0 atom stereocenters. The number of fused-ring (bicyclic) bond motifs is 1. The first-order chi connectivity index (χ1) is 14.2. The number of nitrogens with zero attached hydrogens (tertiary/aromatic N) is 3. The highest BCUT2D eigenvalue weighted by Crippen LogP contribution is 2.23. The minimum atomic E-state index is 0. The minimum Gasteiger partial charge on any atom is -0.365 e. The molecular formula is C24H26Cl3N5. The van der Waals surface area contributed by atoms with Crippen molar-refractivity contribution in [2.75, 3.05) is 5.32 Å². The van der Waals surface area contributed by atoms with Crippen molar-refractivity contribution < 1.29 is 0 Å². The Morgan fingerprint density at radius 2 is 1.62 bits per heavy atom. The molecule has 0 amide bonds. The molecule has 0 bridgehead atoms. The molecule has 0 aliphatic carbocycles. The second-order valence-corrected chi connectivity index (χ2v) is 6.91. The van der Waals surface area contributed by atoms with Gasteiger partial charge in [0, 0.05) is 24.7 Å². The topological polar surface area (TPSA) is 76.7 Å². The summed E-state index contributed by atoms with van der Waals surface area (Å²) < 4.78 is 0. The molecule has 0 fully saturated rings. The van der Waals surface area contributed by atoms with E-state index in [1.54, 1.807) is 6.20 Å². The standard InChI is InChI=1S/C24H23N5.3ClH/c1-17-5-11-22-21(14-17)24(27-16-19-8-6-18(15-25)7-9-19)29-23(28-22)12-10-20-4-2-3-13-26-20;;;/h2-14H,15-16,25H2,1H3,(H,27,28,29);3*1H. The van der Waals surface area contributed by atoms with E-state index in [0.29, 0.717) is 18.9 Å². The maximum Gasteiger partial charge on any atom is 0.155 e. The fourth-order valence-corrected chi connectivity index (χ4v) is 3.08. The lowest BCUT2D eigenvalue weighted by Gasteiger charge is -2.11. The van der Waals surface area contributed by atoms with Gasteiger partial charge in [0.15, 0.2) is 5.82 Å². The van der Waals surface area contributed by atoms with Crippen molar-refractivity contribution >= 4 is 66.1 Å².